The van der Waals surface area contributed by atoms with Crippen LogP contribution >= 0.6 is 15.9 Å². The van der Waals surface area contributed by atoms with Crippen molar-refractivity contribution in [3.63, 3.8) is 0 Å². The summed E-state index contributed by atoms with van der Waals surface area (Å²) in [5, 5.41) is 0. The van der Waals surface area contributed by atoms with Crippen molar-refractivity contribution in [3.8, 4) is 0 Å². The van der Waals surface area contributed by atoms with Crippen LogP contribution < -0.4 is 0 Å². The zero-order chi connectivity index (χ0) is 13.5. The molecule has 2 rings (SSSR count). The Morgan fingerprint density at radius 1 is 1.44 bits per heavy atom. The molecule has 0 radical (unpaired) electrons. The summed E-state index contributed by atoms with van der Waals surface area (Å²) >= 11 is 3.30. The molecule has 0 saturated heterocycles. The normalized spacial score (nSPS) is 15.4. The first-order valence-corrected chi connectivity index (χ1v) is 6.17. The summed E-state index contributed by atoms with van der Waals surface area (Å²) in [6.07, 6.45) is -5.14. The SMILES string of the molecule is Cc1nc2n(c1Br)CN(CCCC(F)(F)F)C2=O. The Hall–Kier alpha value is -1.05. The number of rotatable bonds is 3. The predicted molar refractivity (Wildman–Crippen MR) is 61.0 cm³/mol. The number of halogens is 4. The number of aromatic nitrogens is 2. The molecule has 0 N–H and O–H groups in total. The van der Waals surface area contributed by atoms with Crippen molar-refractivity contribution in [1.29, 1.82) is 0 Å². The van der Waals surface area contributed by atoms with Crippen LogP contribution in [0.1, 0.15) is 29.2 Å². The van der Waals surface area contributed by atoms with E-state index < -0.39 is 12.6 Å². The van der Waals surface area contributed by atoms with E-state index >= 15 is 0 Å². The molecule has 18 heavy (non-hydrogen) atoms. The lowest BCUT2D eigenvalue weighted by molar-refractivity contribution is -0.136. The van der Waals surface area contributed by atoms with E-state index in [-0.39, 0.29) is 31.4 Å². The highest BCUT2D eigenvalue weighted by molar-refractivity contribution is 9.10. The van der Waals surface area contributed by atoms with E-state index in [1.54, 1.807) is 11.5 Å². The van der Waals surface area contributed by atoms with Crippen molar-refractivity contribution in [2.45, 2.75) is 32.6 Å². The van der Waals surface area contributed by atoms with Gasteiger partial charge in [0.2, 0.25) is 5.82 Å². The molecule has 1 aromatic rings. The third-order valence-corrected chi connectivity index (χ3v) is 3.75. The highest BCUT2D eigenvalue weighted by Crippen LogP contribution is 2.26. The molecular formula is C10H11BrF3N3O. The highest BCUT2D eigenvalue weighted by atomic mass is 79.9. The van der Waals surface area contributed by atoms with Gasteiger partial charge in [-0.05, 0) is 29.3 Å². The minimum absolute atomic E-state index is 0.0866. The zero-order valence-electron chi connectivity index (χ0n) is 9.59. The molecule has 2 heterocycles. The maximum Gasteiger partial charge on any atom is 0.389 e. The van der Waals surface area contributed by atoms with Gasteiger partial charge in [-0.2, -0.15) is 13.2 Å². The van der Waals surface area contributed by atoms with Gasteiger partial charge in [0.15, 0.2) is 0 Å². The van der Waals surface area contributed by atoms with E-state index in [9.17, 15) is 18.0 Å². The van der Waals surface area contributed by atoms with Crippen molar-refractivity contribution in [2.75, 3.05) is 6.54 Å². The van der Waals surface area contributed by atoms with Crippen LogP contribution in [0, 0.1) is 6.92 Å². The fraction of sp³-hybridized carbons (Fsp3) is 0.600. The molecule has 0 bridgehead atoms. The van der Waals surface area contributed by atoms with Crippen LogP contribution in [0.15, 0.2) is 4.60 Å². The molecular weight excluding hydrogens is 315 g/mol. The molecule has 0 spiro atoms. The molecule has 0 fully saturated rings. The van der Waals surface area contributed by atoms with Gasteiger partial charge in [-0.25, -0.2) is 4.98 Å². The fourth-order valence-corrected chi connectivity index (χ4v) is 2.23. The quantitative estimate of drug-likeness (QED) is 0.857. The Labute approximate surface area is 110 Å². The Kier molecular flexibility index (Phi) is 3.39. The van der Waals surface area contributed by atoms with E-state index in [0.29, 0.717) is 10.3 Å². The van der Waals surface area contributed by atoms with Crippen LogP contribution in [0.25, 0.3) is 0 Å². The summed E-state index contributed by atoms with van der Waals surface area (Å²) in [5.74, 6) is -0.0302. The van der Waals surface area contributed by atoms with Crippen LogP contribution in [-0.2, 0) is 6.67 Å². The van der Waals surface area contributed by atoms with Gasteiger partial charge in [0.05, 0.1) is 5.69 Å². The smallest absolute Gasteiger partial charge is 0.318 e. The van der Waals surface area contributed by atoms with E-state index in [4.69, 9.17) is 0 Å². The minimum atomic E-state index is -4.17. The van der Waals surface area contributed by atoms with Crippen molar-refractivity contribution in [1.82, 2.24) is 14.5 Å². The maximum atomic E-state index is 12.0. The standard InChI is InChI=1S/C10H11BrF3N3O/c1-6-7(11)17-5-16(9(18)8(17)15-6)4-2-3-10(12,13)14/h2-5H2,1H3. The Balaban J connectivity index is 1.98. The molecule has 0 saturated carbocycles. The largest absolute Gasteiger partial charge is 0.389 e. The summed E-state index contributed by atoms with van der Waals surface area (Å²) in [6.45, 7) is 2.11. The number of imidazole rings is 1. The number of aryl methyl sites for hydroxylation is 1. The van der Waals surface area contributed by atoms with Gasteiger partial charge < -0.3 is 4.90 Å². The molecule has 1 aliphatic rings. The Morgan fingerprint density at radius 2 is 2.11 bits per heavy atom. The molecule has 100 valence electrons. The molecule has 1 amide bonds. The lowest BCUT2D eigenvalue weighted by Gasteiger charge is -2.15. The second-order valence-electron chi connectivity index (χ2n) is 4.17. The van der Waals surface area contributed by atoms with E-state index in [1.165, 1.54) is 4.90 Å². The average Bonchev–Trinajstić information content (AvgIpc) is 2.68. The van der Waals surface area contributed by atoms with Gasteiger partial charge in [-0.3, -0.25) is 9.36 Å². The summed E-state index contributed by atoms with van der Waals surface area (Å²) in [5.41, 5.74) is 0.702. The average molecular weight is 326 g/mol. The molecule has 4 nitrogen and oxygen atoms in total. The second-order valence-corrected chi connectivity index (χ2v) is 4.92. The first kappa shape index (κ1) is 13.4. The van der Waals surface area contributed by atoms with Gasteiger partial charge in [0.1, 0.15) is 11.3 Å². The molecule has 0 unspecified atom stereocenters. The Morgan fingerprint density at radius 3 is 2.67 bits per heavy atom. The van der Waals surface area contributed by atoms with Crippen LogP contribution in [0.2, 0.25) is 0 Å². The third-order valence-electron chi connectivity index (χ3n) is 2.74. The van der Waals surface area contributed by atoms with Gasteiger partial charge in [-0.15, -0.1) is 0 Å². The van der Waals surface area contributed by atoms with E-state index in [1.807, 2.05) is 0 Å². The number of carbonyl (C=O) groups is 1. The molecule has 1 aliphatic heterocycles. The molecule has 0 atom stereocenters. The summed E-state index contributed by atoms with van der Waals surface area (Å²) in [4.78, 5) is 17.3. The fourth-order valence-electron chi connectivity index (χ4n) is 1.86. The number of carbonyl (C=O) groups excluding carboxylic acids is 1. The number of hydrogen-bond acceptors (Lipinski definition) is 2. The van der Waals surface area contributed by atoms with E-state index in [2.05, 4.69) is 20.9 Å². The van der Waals surface area contributed by atoms with Gasteiger partial charge in [0.25, 0.3) is 5.91 Å². The predicted octanol–water partition coefficient (Wildman–Crippen LogP) is 2.71. The van der Waals surface area contributed by atoms with Crippen LogP contribution in [0.5, 0.6) is 0 Å². The summed E-state index contributed by atoms with van der Waals surface area (Å²) in [6, 6.07) is 0. The van der Waals surface area contributed by atoms with Gasteiger partial charge in [0, 0.05) is 13.0 Å². The lowest BCUT2D eigenvalue weighted by Crippen LogP contribution is -2.27. The van der Waals surface area contributed by atoms with Crippen molar-refractivity contribution >= 4 is 21.8 Å². The summed E-state index contributed by atoms with van der Waals surface area (Å²) in [7, 11) is 0. The van der Waals surface area contributed by atoms with E-state index in [0.717, 1.165) is 0 Å². The number of hydrogen-bond donors (Lipinski definition) is 0. The van der Waals surface area contributed by atoms with Gasteiger partial charge >= 0.3 is 6.18 Å². The minimum Gasteiger partial charge on any atom is -0.318 e. The second kappa shape index (κ2) is 4.56. The lowest BCUT2D eigenvalue weighted by atomic mass is 10.3. The number of alkyl halides is 3. The van der Waals surface area contributed by atoms with Crippen molar-refractivity contribution in [2.24, 2.45) is 0 Å². The van der Waals surface area contributed by atoms with Crippen LogP contribution in [0.4, 0.5) is 13.2 Å². The first-order chi connectivity index (χ1) is 8.29. The maximum absolute atomic E-state index is 12.0. The summed E-state index contributed by atoms with van der Waals surface area (Å²) < 4.78 is 38.4. The highest BCUT2D eigenvalue weighted by Gasteiger charge is 2.33. The Bertz CT molecular complexity index is 483. The van der Waals surface area contributed by atoms with Crippen molar-refractivity contribution < 1.29 is 18.0 Å². The number of amides is 1. The first-order valence-electron chi connectivity index (χ1n) is 5.38. The topological polar surface area (TPSA) is 38.1 Å². The van der Waals surface area contributed by atoms with Crippen LogP contribution in [0.3, 0.4) is 0 Å². The molecule has 8 heteroatoms. The number of fused-ring (bicyclic) bond motifs is 1. The molecule has 1 aromatic heterocycles. The monoisotopic (exact) mass is 325 g/mol. The molecule has 0 aromatic carbocycles. The third kappa shape index (κ3) is 2.52. The van der Waals surface area contributed by atoms with Crippen molar-refractivity contribution in [3.05, 3.63) is 16.1 Å². The number of nitrogens with zero attached hydrogens (tertiary/aromatic N) is 3. The molecule has 0 aliphatic carbocycles. The van der Waals surface area contributed by atoms with Crippen LogP contribution in [-0.4, -0.2) is 33.1 Å². The van der Waals surface area contributed by atoms with Gasteiger partial charge in [-0.1, -0.05) is 0 Å². The zero-order valence-corrected chi connectivity index (χ0v) is 11.2.